The van der Waals surface area contributed by atoms with Crippen LogP contribution in [0.2, 0.25) is 5.02 Å². The van der Waals surface area contributed by atoms with Gasteiger partial charge in [-0.15, -0.1) is 0 Å². The van der Waals surface area contributed by atoms with Gasteiger partial charge in [-0.1, -0.05) is 23.7 Å². The zero-order valence-corrected chi connectivity index (χ0v) is 13.3. The lowest BCUT2D eigenvalue weighted by Crippen LogP contribution is -2.45. The van der Waals surface area contributed by atoms with E-state index in [1.807, 2.05) is 18.2 Å². The van der Waals surface area contributed by atoms with Crippen LogP contribution in [0.3, 0.4) is 0 Å². The number of hydrogen-bond donors (Lipinski definition) is 2. The molecule has 0 heterocycles. The van der Waals surface area contributed by atoms with Crippen LogP contribution in [-0.2, 0) is 16.0 Å². The highest BCUT2D eigenvalue weighted by molar-refractivity contribution is 6.30. The fourth-order valence-corrected chi connectivity index (χ4v) is 3.21. The molecule has 2 rings (SSSR count). The maximum atomic E-state index is 12.3. The Labute approximate surface area is 135 Å². The summed E-state index contributed by atoms with van der Waals surface area (Å²) in [5, 5.41) is 10.8. The molecular weight excluding hydrogens is 304 g/mol. The molecule has 0 aromatic heterocycles. The lowest BCUT2D eigenvalue weighted by molar-refractivity contribution is -0.135. The molecular formula is C16H21ClN2O3. The molecule has 1 fully saturated rings. The van der Waals surface area contributed by atoms with Gasteiger partial charge >= 0.3 is 0 Å². The van der Waals surface area contributed by atoms with Gasteiger partial charge in [-0.25, -0.2) is 0 Å². The Morgan fingerprint density at radius 1 is 1.41 bits per heavy atom. The van der Waals surface area contributed by atoms with Crippen molar-refractivity contribution in [3.05, 3.63) is 34.9 Å². The highest BCUT2D eigenvalue weighted by atomic mass is 35.5. The number of primary amides is 1. The topological polar surface area (TPSA) is 83.6 Å². The van der Waals surface area contributed by atoms with Gasteiger partial charge in [-0.3, -0.25) is 9.59 Å². The van der Waals surface area contributed by atoms with E-state index >= 15 is 0 Å². The maximum absolute atomic E-state index is 12.3. The number of aryl methyl sites for hydroxylation is 1. The molecule has 1 aliphatic carbocycles. The summed E-state index contributed by atoms with van der Waals surface area (Å²) in [6, 6.07) is 7.06. The molecule has 1 aromatic carbocycles. The summed E-state index contributed by atoms with van der Waals surface area (Å²) in [6.07, 6.45) is 1.16. The van der Waals surface area contributed by atoms with Crippen LogP contribution in [-0.4, -0.2) is 41.0 Å². The number of hydrogen-bond acceptors (Lipinski definition) is 3. The third-order valence-electron chi connectivity index (χ3n) is 4.35. The number of aliphatic hydroxyl groups is 1. The number of likely N-dealkylation sites (N-methyl/N-ethyl adjacent to an activating group) is 1. The van der Waals surface area contributed by atoms with Crippen molar-refractivity contribution in [3.8, 4) is 0 Å². The fraction of sp³-hybridized carbons (Fsp3) is 0.500. The van der Waals surface area contributed by atoms with Crippen molar-refractivity contribution in [1.29, 1.82) is 0 Å². The molecule has 0 unspecified atom stereocenters. The van der Waals surface area contributed by atoms with E-state index in [1.54, 1.807) is 13.1 Å². The van der Waals surface area contributed by atoms with Gasteiger partial charge in [-0.2, -0.15) is 0 Å². The Morgan fingerprint density at radius 3 is 2.73 bits per heavy atom. The number of halogens is 1. The molecule has 3 N–H and O–H groups in total. The van der Waals surface area contributed by atoms with E-state index in [9.17, 15) is 14.7 Å². The molecule has 0 saturated heterocycles. The van der Waals surface area contributed by atoms with Crippen LogP contribution in [0.25, 0.3) is 0 Å². The van der Waals surface area contributed by atoms with Crippen molar-refractivity contribution in [2.45, 2.75) is 37.8 Å². The van der Waals surface area contributed by atoms with Crippen LogP contribution in [0.1, 0.15) is 24.8 Å². The van der Waals surface area contributed by atoms with E-state index in [2.05, 4.69) is 0 Å². The van der Waals surface area contributed by atoms with Crippen LogP contribution in [0.15, 0.2) is 24.3 Å². The normalized spacial score (nSPS) is 24.2. The number of nitrogens with zero attached hydrogens (tertiary/aromatic N) is 1. The molecule has 1 aromatic rings. The van der Waals surface area contributed by atoms with E-state index in [1.165, 1.54) is 4.90 Å². The maximum Gasteiger partial charge on any atom is 0.223 e. The number of amides is 2. The van der Waals surface area contributed by atoms with Crippen LogP contribution < -0.4 is 5.73 Å². The Balaban J connectivity index is 1.91. The van der Waals surface area contributed by atoms with Gasteiger partial charge in [0.2, 0.25) is 11.8 Å². The molecule has 0 radical (unpaired) electrons. The zero-order valence-electron chi connectivity index (χ0n) is 12.5. The first-order chi connectivity index (χ1) is 10.4. The van der Waals surface area contributed by atoms with Gasteiger partial charge < -0.3 is 15.7 Å². The highest BCUT2D eigenvalue weighted by Gasteiger charge is 2.41. The summed E-state index contributed by atoms with van der Waals surface area (Å²) >= 11 is 5.92. The third-order valence-corrected chi connectivity index (χ3v) is 4.59. The molecule has 6 heteroatoms. The highest BCUT2D eigenvalue weighted by Crippen LogP contribution is 2.29. The largest absolute Gasteiger partial charge is 0.390 e. The minimum Gasteiger partial charge on any atom is -0.390 e. The number of aliphatic hydroxyl groups excluding tert-OH is 1. The van der Waals surface area contributed by atoms with Crippen molar-refractivity contribution in [2.75, 3.05) is 7.05 Å². The van der Waals surface area contributed by atoms with Gasteiger partial charge in [0.1, 0.15) is 0 Å². The Hall–Kier alpha value is -1.59. The monoisotopic (exact) mass is 324 g/mol. The molecule has 0 aliphatic heterocycles. The van der Waals surface area contributed by atoms with Crippen molar-refractivity contribution < 1.29 is 14.7 Å². The molecule has 3 atom stereocenters. The second-order valence-electron chi connectivity index (χ2n) is 5.78. The second kappa shape index (κ2) is 7.11. The number of carbonyl (C=O) groups is 2. The minimum atomic E-state index is -0.877. The lowest BCUT2D eigenvalue weighted by Gasteiger charge is -2.28. The first-order valence-electron chi connectivity index (χ1n) is 7.37. The first kappa shape index (κ1) is 16.8. The van der Waals surface area contributed by atoms with E-state index in [0.717, 1.165) is 5.56 Å². The van der Waals surface area contributed by atoms with Crippen molar-refractivity contribution >= 4 is 23.4 Å². The van der Waals surface area contributed by atoms with Gasteiger partial charge in [0.25, 0.3) is 0 Å². The van der Waals surface area contributed by atoms with Crippen molar-refractivity contribution in [3.63, 3.8) is 0 Å². The molecule has 2 amide bonds. The van der Waals surface area contributed by atoms with E-state index in [0.29, 0.717) is 30.7 Å². The summed E-state index contributed by atoms with van der Waals surface area (Å²) in [7, 11) is 1.66. The third kappa shape index (κ3) is 3.78. The molecule has 1 aliphatic rings. The van der Waals surface area contributed by atoms with Crippen LogP contribution >= 0.6 is 11.6 Å². The van der Waals surface area contributed by atoms with Gasteiger partial charge in [0, 0.05) is 18.5 Å². The average molecular weight is 325 g/mol. The summed E-state index contributed by atoms with van der Waals surface area (Å²) in [4.78, 5) is 25.1. The van der Waals surface area contributed by atoms with Crippen LogP contribution in [0.4, 0.5) is 0 Å². The van der Waals surface area contributed by atoms with Crippen LogP contribution in [0.5, 0.6) is 0 Å². The SMILES string of the molecule is CN(C(=O)CCc1cccc(Cl)c1)[C@@H]1CC[C@@H](C(N)=O)[C@@H]1O. The van der Waals surface area contributed by atoms with E-state index in [-0.39, 0.29) is 11.9 Å². The van der Waals surface area contributed by atoms with Crippen LogP contribution in [0, 0.1) is 5.92 Å². The summed E-state index contributed by atoms with van der Waals surface area (Å²) in [5.74, 6) is -1.13. The van der Waals surface area contributed by atoms with Gasteiger partial charge in [0.05, 0.1) is 18.1 Å². The summed E-state index contributed by atoms with van der Waals surface area (Å²) < 4.78 is 0. The molecule has 120 valence electrons. The van der Waals surface area contributed by atoms with Gasteiger partial charge in [0.15, 0.2) is 0 Å². The molecule has 0 bridgehead atoms. The number of benzene rings is 1. The van der Waals surface area contributed by atoms with E-state index < -0.39 is 17.9 Å². The quantitative estimate of drug-likeness (QED) is 0.857. The molecule has 5 nitrogen and oxygen atoms in total. The molecule has 1 saturated carbocycles. The Bertz CT molecular complexity index is 564. The number of carbonyl (C=O) groups excluding carboxylic acids is 2. The molecule has 0 spiro atoms. The minimum absolute atomic E-state index is 0.0610. The smallest absolute Gasteiger partial charge is 0.223 e. The fourth-order valence-electron chi connectivity index (χ4n) is 3.00. The summed E-state index contributed by atoms with van der Waals surface area (Å²) in [5.41, 5.74) is 6.26. The standard InChI is InChI=1S/C16H21ClN2O3/c1-19(13-7-6-12(15(13)21)16(18)22)14(20)8-5-10-3-2-4-11(17)9-10/h2-4,9,12-13,15,21H,5-8H2,1H3,(H2,18,22)/t12-,13-,15+/m1/s1. The number of nitrogens with two attached hydrogens (primary N) is 1. The van der Waals surface area contributed by atoms with Crippen molar-refractivity contribution in [2.24, 2.45) is 11.7 Å². The van der Waals surface area contributed by atoms with E-state index in [4.69, 9.17) is 17.3 Å². The van der Waals surface area contributed by atoms with Gasteiger partial charge in [-0.05, 0) is 37.0 Å². The zero-order chi connectivity index (χ0) is 16.3. The second-order valence-corrected chi connectivity index (χ2v) is 6.22. The predicted octanol–water partition coefficient (Wildman–Crippen LogP) is 1.36. The molecule has 22 heavy (non-hydrogen) atoms. The average Bonchev–Trinajstić information content (AvgIpc) is 2.86. The van der Waals surface area contributed by atoms with Crippen molar-refractivity contribution in [1.82, 2.24) is 4.90 Å². The predicted molar refractivity (Wildman–Crippen MR) is 84.3 cm³/mol. The summed E-state index contributed by atoms with van der Waals surface area (Å²) in [6.45, 7) is 0. The lowest BCUT2D eigenvalue weighted by atomic mass is 10.0. The number of rotatable bonds is 5. The first-order valence-corrected chi connectivity index (χ1v) is 7.75. The Morgan fingerprint density at radius 2 is 2.14 bits per heavy atom. The Kier molecular flexibility index (Phi) is 5.42.